The highest BCUT2D eigenvalue weighted by molar-refractivity contribution is 6.33. The van der Waals surface area contributed by atoms with Crippen LogP contribution in [0.15, 0.2) is 18.2 Å². The highest BCUT2D eigenvalue weighted by atomic mass is 35.5. The van der Waals surface area contributed by atoms with Crippen LogP contribution in [0.4, 0.5) is 5.69 Å². The van der Waals surface area contributed by atoms with Crippen LogP contribution in [0, 0.1) is 16.0 Å². The van der Waals surface area contributed by atoms with Crippen molar-refractivity contribution in [1.82, 2.24) is 4.90 Å². The maximum Gasteiger partial charge on any atom is 0.340 e. The molecule has 8 heteroatoms. The zero-order chi connectivity index (χ0) is 17.9. The number of benzene rings is 1. The number of ether oxygens (including phenoxy) is 1. The molecule has 0 bridgehead atoms. The monoisotopic (exact) mass is 354 g/mol. The number of hydrogen-bond donors (Lipinski definition) is 0. The van der Waals surface area contributed by atoms with Crippen LogP contribution < -0.4 is 0 Å². The Morgan fingerprint density at radius 2 is 2.00 bits per heavy atom. The van der Waals surface area contributed by atoms with Gasteiger partial charge < -0.3 is 9.64 Å². The molecule has 1 saturated heterocycles. The Kier molecular flexibility index (Phi) is 5.77. The molecule has 1 amide bonds. The number of nitro benzene ring substituents is 1. The molecule has 1 aliphatic heterocycles. The number of halogens is 1. The number of rotatable bonds is 4. The summed E-state index contributed by atoms with van der Waals surface area (Å²) in [6, 6.07) is 3.50. The summed E-state index contributed by atoms with van der Waals surface area (Å²) in [6.07, 6.45) is 0.868. The summed E-state index contributed by atoms with van der Waals surface area (Å²) in [6.45, 7) is 4.90. The van der Waals surface area contributed by atoms with Crippen molar-refractivity contribution in [2.75, 3.05) is 13.1 Å². The molecule has 2 rings (SSSR count). The lowest BCUT2D eigenvalue weighted by molar-refractivity contribution is -0.384. The van der Waals surface area contributed by atoms with Gasteiger partial charge in [0.15, 0.2) is 6.10 Å². The molecule has 7 nitrogen and oxygen atoms in total. The summed E-state index contributed by atoms with van der Waals surface area (Å²) < 4.78 is 5.16. The molecule has 0 aromatic heterocycles. The Morgan fingerprint density at radius 3 is 2.58 bits per heavy atom. The second-order valence-electron chi connectivity index (χ2n) is 5.98. The van der Waals surface area contributed by atoms with Gasteiger partial charge in [-0.15, -0.1) is 0 Å². The van der Waals surface area contributed by atoms with Gasteiger partial charge in [-0.2, -0.15) is 0 Å². The van der Waals surface area contributed by atoms with Gasteiger partial charge in [0.05, 0.1) is 15.5 Å². The predicted molar refractivity (Wildman–Crippen MR) is 88.0 cm³/mol. The number of hydrogen-bond acceptors (Lipinski definition) is 5. The normalized spacial score (nSPS) is 16.5. The van der Waals surface area contributed by atoms with Crippen molar-refractivity contribution in [3.05, 3.63) is 38.9 Å². The van der Waals surface area contributed by atoms with Crippen molar-refractivity contribution in [2.24, 2.45) is 5.92 Å². The van der Waals surface area contributed by atoms with E-state index in [1.165, 1.54) is 19.1 Å². The molecule has 0 aliphatic carbocycles. The molecule has 1 aromatic carbocycles. The third kappa shape index (κ3) is 4.23. The fourth-order valence-corrected chi connectivity index (χ4v) is 2.74. The SMILES string of the molecule is CC1CCN(C(=O)[C@H](C)OC(=O)c2cc([N+](=O)[O-])ccc2Cl)CC1. The fourth-order valence-electron chi connectivity index (χ4n) is 2.54. The lowest BCUT2D eigenvalue weighted by Gasteiger charge is -2.31. The minimum atomic E-state index is -0.971. The van der Waals surface area contributed by atoms with Gasteiger partial charge in [0.2, 0.25) is 0 Å². The molecule has 24 heavy (non-hydrogen) atoms. The van der Waals surface area contributed by atoms with Crippen LogP contribution in [-0.2, 0) is 9.53 Å². The van der Waals surface area contributed by atoms with Crippen LogP contribution in [0.5, 0.6) is 0 Å². The summed E-state index contributed by atoms with van der Waals surface area (Å²) in [5, 5.41) is 10.8. The molecule has 130 valence electrons. The van der Waals surface area contributed by atoms with E-state index in [1.807, 2.05) is 0 Å². The van der Waals surface area contributed by atoms with E-state index in [-0.39, 0.29) is 22.2 Å². The molecule has 1 heterocycles. The second kappa shape index (κ2) is 7.61. The number of nitrogens with zero attached hydrogens (tertiary/aromatic N) is 2. The number of carbonyl (C=O) groups is 2. The van der Waals surface area contributed by atoms with Crippen molar-refractivity contribution in [3.63, 3.8) is 0 Å². The fraction of sp³-hybridized carbons (Fsp3) is 0.500. The van der Waals surface area contributed by atoms with E-state index < -0.39 is 17.0 Å². The molecule has 1 fully saturated rings. The van der Waals surface area contributed by atoms with Gasteiger partial charge >= 0.3 is 5.97 Å². The Morgan fingerprint density at radius 1 is 1.38 bits per heavy atom. The van der Waals surface area contributed by atoms with E-state index in [2.05, 4.69) is 6.92 Å². The third-order valence-corrected chi connectivity index (χ3v) is 4.44. The lowest BCUT2D eigenvalue weighted by atomic mass is 9.99. The Labute approximate surface area is 144 Å². The number of piperidine rings is 1. The molecule has 0 spiro atoms. The zero-order valence-corrected chi connectivity index (χ0v) is 14.3. The Balaban J connectivity index is 2.04. The van der Waals surface area contributed by atoms with Crippen LogP contribution in [0.25, 0.3) is 0 Å². The molecule has 0 radical (unpaired) electrons. The van der Waals surface area contributed by atoms with E-state index >= 15 is 0 Å². The van der Waals surface area contributed by atoms with Crippen molar-refractivity contribution >= 4 is 29.2 Å². The maximum absolute atomic E-state index is 12.3. The quantitative estimate of drug-likeness (QED) is 0.471. The molecule has 0 unspecified atom stereocenters. The van der Waals surface area contributed by atoms with Crippen molar-refractivity contribution in [2.45, 2.75) is 32.8 Å². The smallest absolute Gasteiger partial charge is 0.340 e. The second-order valence-corrected chi connectivity index (χ2v) is 6.38. The van der Waals surface area contributed by atoms with Gasteiger partial charge in [0.1, 0.15) is 0 Å². The van der Waals surface area contributed by atoms with Crippen LogP contribution in [0.3, 0.4) is 0 Å². The summed E-state index contributed by atoms with van der Waals surface area (Å²) in [5.41, 5.74) is -0.395. The van der Waals surface area contributed by atoms with E-state index in [0.717, 1.165) is 18.9 Å². The van der Waals surface area contributed by atoms with Crippen LogP contribution in [-0.4, -0.2) is 40.9 Å². The minimum Gasteiger partial charge on any atom is -0.449 e. The summed E-state index contributed by atoms with van der Waals surface area (Å²) in [4.78, 5) is 36.4. The molecular weight excluding hydrogens is 336 g/mol. The minimum absolute atomic E-state index is 0.0389. The molecule has 0 saturated carbocycles. The maximum atomic E-state index is 12.3. The first kappa shape index (κ1) is 18.2. The molecular formula is C16H19ClN2O5. The molecule has 0 N–H and O–H groups in total. The van der Waals surface area contributed by atoms with Crippen molar-refractivity contribution < 1.29 is 19.2 Å². The first-order chi connectivity index (χ1) is 11.3. The number of nitro groups is 1. The van der Waals surface area contributed by atoms with Gasteiger partial charge in [-0.05, 0) is 31.7 Å². The van der Waals surface area contributed by atoms with Gasteiger partial charge in [-0.3, -0.25) is 14.9 Å². The first-order valence-electron chi connectivity index (χ1n) is 7.73. The highest BCUT2D eigenvalue weighted by Gasteiger charge is 2.28. The van der Waals surface area contributed by atoms with Crippen LogP contribution >= 0.6 is 11.6 Å². The average molecular weight is 355 g/mol. The molecule has 1 aliphatic rings. The summed E-state index contributed by atoms with van der Waals surface area (Å²) in [5.74, 6) is -0.540. The number of carbonyl (C=O) groups excluding carboxylic acids is 2. The van der Waals surface area contributed by atoms with E-state index in [9.17, 15) is 19.7 Å². The number of amides is 1. The van der Waals surface area contributed by atoms with E-state index in [4.69, 9.17) is 16.3 Å². The standard InChI is InChI=1S/C16H19ClN2O5/c1-10-5-7-18(8-6-10)15(20)11(2)24-16(21)13-9-12(19(22)23)3-4-14(13)17/h3-4,9-11H,5-8H2,1-2H3/t11-/m0/s1. The number of non-ortho nitro benzene ring substituents is 1. The Hall–Kier alpha value is -2.15. The third-order valence-electron chi connectivity index (χ3n) is 4.11. The van der Waals surface area contributed by atoms with Crippen molar-refractivity contribution in [3.8, 4) is 0 Å². The molecule has 1 aromatic rings. The largest absolute Gasteiger partial charge is 0.449 e. The van der Waals surface area contributed by atoms with E-state index in [1.54, 1.807) is 4.90 Å². The average Bonchev–Trinajstić information content (AvgIpc) is 2.54. The number of likely N-dealkylation sites (tertiary alicyclic amines) is 1. The van der Waals surface area contributed by atoms with Gasteiger partial charge in [-0.25, -0.2) is 4.79 Å². The Bertz CT molecular complexity index is 656. The van der Waals surface area contributed by atoms with Crippen molar-refractivity contribution in [1.29, 1.82) is 0 Å². The van der Waals surface area contributed by atoms with Gasteiger partial charge in [-0.1, -0.05) is 18.5 Å². The lowest BCUT2D eigenvalue weighted by Crippen LogP contribution is -2.44. The van der Waals surface area contributed by atoms with E-state index in [0.29, 0.717) is 19.0 Å². The number of esters is 1. The molecule has 1 atom stereocenters. The van der Waals surface area contributed by atoms with Crippen LogP contribution in [0.1, 0.15) is 37.0 Å². The summed E-state index contributed by atoms with van der Waals surface area (Å²) >= 11 is 5.90. The van der Waals surface area contributed by atoms with Crippen LogP contribution in [0.2, 0.25) is 5.02 Å². The predicted octanol–water partition coefficient (Wildman–Crippen LogP) is 3.05. The van der Waals surface area contributed by atoms with Gasteiger partial charge in [0.25, 0.3) is 11.6 Å². The highest BCUT2D eigenvalue weighted by Crippen LogP contribution is 2.24. The first-order valence-corrected chi connectivity index (χ1v) is 8.11. The summed E-state index contributed by atoms with van der Waals surface area (Å²) in [7, 11) is 0. The topological polar surface area (TPSA) is 89.8 Å². The zero-order valence-electron chi connectivity index (χ0n) is 13.5. The van der Waals surface area contributed by atoms with Gasteiger partial charge in [0, 0.05) is 25.2 Å².